The second kappa shape index (κ2) is 6.68. The number of aryl methyl sites for hydroxylation is 2. The topological polar surface area (TPSA) is 75.2 Å². The highest BCUT2D eigenvalue weighted by Crippen LogP contribution is 2.37. The predicted octanol–water partition coefficient (Wildman–Crippen LogP) is 2.57. The van der Waals surface area contributed by atoms with Gasteiger partial charge in [-0.15, -0.1) is 10.2 Å². The maximum Gasteiger partial charge on any atom is 0.232 e. The zero-order valence-corrected chi connectivity index (χ0v) is 14.8. The van der Waals surface area contributed by atoms with Crippen LogP contribution in [0.3, 0.4) is 0 Å². The summed E-state index contributed by atoms with van der Waals surface area (Å²) < 4.78 is 0. The molecule has 1 N–H and O–H groups in total. The lowest BCUT2D eigenvalue weighted by molar-refractivity contribution is -0.127. The van der Waals surface area contributed by atoms with Gasteiger partial charge in [0.05, 0.1) is 12.0 Å². The molecule has 0 radical (unpaired) electrons. The molecule has 1 aliphatic rings. The second-order valence-corrected chi connectivity index (χ2v) is 7.08. The fraction of sp³-hybridized carbons (Fsp3) is 0.412. The van der Waals surface area contributed by atoms with Crippen LogP contribution in [0.5, 0.6) is 0 Å². The van der Waals surface area contributed by atoms with E-state index < -0.39 is 5.92 Å². The summed E-state index contributed by atoms with van der Waals surface area (Å²) in [5.74, 6) is -0.636. The molecule has 6 nitrogen and oxygen atoms in total. The van der Waals surface area contributed by atoms with Gasteiger partial charge in [0.2, 0.25) is 16.9 Å². The fourth-order valence-electron chi connectivity index (χ4n) is 2.97. The zero-order chi connectivity index (χ0) is 17.3. The van der Waals surface area contributed by atoms with Crippen LogP contribution in [0.15, 0.2) is 24.3 Å². The van der Waals surface area contributed by atoms with Crippen molar-refractivity contribution in [1.82, 2.24) is 15.1 Å². The molecular weight excluding hydrogens is 324 g/mol. The Morgan fingerprint density at radius 3 is 2.67 bits per heavy atom. The van der Waals surface area contributed by atoms with Crippen molar-refractivity contribution in [3.05, 3.63) is 40.4 Å². The molecular formula is C17H20N4O2S. The molecule has 0 saturated carbocycles. The van der Waals surface area contributed by atoms with E-state index in [1.807, 2.05) is 38.1 Å². The maximum absolute atomic E-state index is 12.7. The number of rotatable bonds is 4. The van der Waals surface area contributed by atoms with Crippen molar-refractivity contribution in [2.45, 2.75) is 32.7 Å². The fourth-order valence-corrected chi connectivity index (χ4v) is 3.65. The lowest BCUT2D eigenvalue weighted by atomic mass is 9.92. The van der Waals surface area contributed by atoms with Crippen molar-refractivity contribution in [2.75, 3.05) is 12.4 Å². The van der Waals surface area contributed by atoms with Gasteiger partial charge in [-0.1, -0.05) is 48.1 Å². The Bertz CT molecular complexity index is 756. The van der Waals surface area contributed by atoms with Gasteiger partial charge >= 0.3 is 0 Å². The standard InChI is InChI=1S/C17H20N4O2S/c1-4-13-19-20-17(24-13)18-16(23)12-9-14(22)21(3)15(12)11-7-5-10(2)6-8-11/h5-8,12,15H,4,9H2,1-3H3,(H,18,20,23)/t12-,15-/m1/s1. The minimum atomic E-state index is -0.431. The SMILES string of the molecule is CCc1nnc(NC(=O)[C@@H]2CC(=O)N(C)[C@@H]2c2ccc(C)cc2)s1. The van der Waals surface area contributed by atoms with E-state index in [1.54, 1.807) is 11.9 Å². The van der Waals surface area contributed by atoms with Crippen LogP contribution in [-0.2, 0) is 16.0 Å². The molecule has 0 bridgehead atoms. The molecule has 1 aromatic carbocycles. The first-order valence-electron chi connectivity index (χ1n) is 7.95. The number of likely N-dealkylation sites (tertiary alicyclic amines) is 1. The summed E-state index contributed by atoms with van der Waals surface area (Å²) >= 11 is 1.37. The molecule has 7 heteroatoms. The molecule has 3 rings (SSSR count). The average Bonchev–Trinajstić information content (AvgIpc) is 3.14. The van der Waals surface area contributed by atoms with Crippen LogP contribution in [0.25, 0.3) is 0 Å². The van der Waals surface area contributed by atoms with Gasteiger partial charge in [-0.05, 0) is 18.9 Å². The lowest BCUT2D eigenvalue weighted by Crippen LogP contribution is -2.30. The van der Waals surface area contributed by atoms with E-state index in [-0.39, 0.29) is 24.3 Å². The Balaban J connectivity index is 1.82. The third-order valence-electron chi connectivity index (χ3n) is 4.34. The van der Waals surface area contributed by atoms with Crippen LogP contribution in [0.2, 0.25) is 0 Å². The monoisotopic (exact) mass is 344 g/mol. The number of benzene rings is 1. The Labute approximate surface area is 144 Å². The zero-order valence-electron chi connectivity index (χ0n) is 13.9. The van der Waals surface area contributed by atoms with Crippen molar-refractivity contribution in [1.29, 1.82) is 0 Å². The Morgan fingerprint density at radius 1 is 1.33 bits per heavy atom. The highest BCUT2D eigenvalue weighted by Gasteiger charge is 2.42. The first-order valence-corrected chi connectivity index (χ1v) is 8.76. The number of aromatic nitrogens is 2. The minimum absolute atomic E-state index is 0.0211. The van der Waals surface area contributed by atoms with E-state index in [1.165, 1.54) is 11.3 Å². The summed E-state index contributed by atoms with van der Waals surface area (Å²) in [7, 11) is 1.75. The molecule has 126 valence electrons. The number of nitrogens with zero attached hydrogens (tertiary/aromatic N) is 3. The van der Waals surface area contributed by atoms with Crippen molar-refractivity contribution < 1.29 is 9.59 Å². The smallest absolute Gasteiger partial charge is 0.232 e. The summed E-state index contributed by atoms with van der Waals surface area (Å²) in [6.07, 6.45) is 0.991. The van der Waals surface area contributed by atoms with E-state index in [4.69, 9.17) is 0 Å². The van der Waals surface area contributed by atoms with Crippen molar-refractivity contribution in [3.8, 4) is 0 Å². The molecule has 0 unspecified atom stereocenters. The Kier molecular flexibility index (Phi) is 4.62. The normalized spacial score (nSPS) is 20.5. The van der Waals surface area contributed by atoms with E-state index in [9.17, 15) is 9.59 Å². The Morgan fingerprint density at radius 2 is 2.04 bits per heavy atom. The summed E-state index contributed by atoms with van der Waals surface area (Å²) in [5.41, 5.74) is 2.12. The van der Waals surface area contributed by atoms with E-state index in [0.29, 0.717) is 5.13 Å². The molecule has 2 atom stereocenters. The van der Waals surface area contributed by atoms with Gasteiger partial charge in [0.25, 0.3) is 0 Å². The molecule has 1 saturated heterocycles. The van der Waals surface area contributed by atoms with E-state index >= 15 is 0 Å². The highest BCUT2D eigenvalue weighted by atomic mass is 32.1. The van der Waals surface area contributed by atoms with Crippen molar-refractivity contribution in [3.63, 3.8) is 0 Å². The molecule has 24 heavy (non-hydrogen) atoms. The molecule has 1 fully saturated rings. The number of hydrogen-bond donors (Lipinski definition) is 1. The molecule has 2 amide bonds. The third-order valence-corrected chi connectivity index (χ3v) is 5.32. The van der Waals surface area contributed by atoms with Gasteiger partial charge in [0.1, 0.15) is 5.01 Å². The van der Waals surface area contributed by atoms with Gasteiger partial charge < -0.3 is 10.2 Å². The van der Waals surface area contributed by atoms with E-state index in [0.717, 1.165) is 22.6 Å². The quantitative estimate of drug-likeness (QED) is 0.925. The van der Waals surface area contributed by atoms with Crippen LogP contribution in [0.1, 0.15) is 35.5 Å². The molecule has 2 aromatic rings. The first-order chi connectivity index (χ1) is 11.5. The Hall–Kier alpha value is -2.28. The molecule has 1 aromatic heterocycles. The summed E-state index contributed by atoms with van der Waals surface area (Å²) in [6.45, 7) is 4.00. The summed E-state index contributed by atoms with van der Waals surface area (Å²) in [4.78, 5) is 26.5. The number of nitrogens with one attached hydrogen (secondary N) is 1. The van der Waals surface area contributed by atoms with Gasteiger partial charge in [0.15, 0.2) is 0 Å². The third kappa shape index (κ3) is 3.17. The predicted molar refractivity (Wildman–Crippen MR) is 92.7 cm³/mol. The average molecular weight is 344 g/mol. The summed E-state index contributed by atoms with van der Waals surface area (Å²) in [5, 5.41) is 12.2. The van der Waals surface area contributed by atoms with Gasteiger partial charge in [-0.2, -0.15) is 0 Å². The van der Waals surface area contributed by atoms with Crippen LogP contribution in [0.4, 0.5) is 5.13 Å². The van der Waals surface area contributed by atoms with Crippen molar-refractivity contribution in [2.24, 2.45) is 5.92 Å². The second-order valence-electron chi connectivity index (χ2n) is 6.01. The number of anilines is 1. The highest BCUT2D eigenvalue weighted by molar-refractivity contribution is 7.15. The molecule has 2 heterocycles. The van der Waals surface area contributed by atoms with Crippen molar-refractivity contribution >= 4 is 28.3 Å². The number of carbonyl (C=O) groups excluding carboxylic acids is 2. The van der Waals surface area contributed by atoms with Gasteiger partial charge in [-0.25, -0.2) is 0 Å². The minimum Gasteiger partial charge on any atom is -0.338 e. The van der Waals surface area contributed by atoms with E-state index in [2.05, 4.69) is 15.5 Å². The summed E-state index contributed by atoms with van der Waals surface area (Å²) in [6, 6.07) is 7.71. The van der Waals surface area contributed by atoms with Gasteiger partial charge in [-0.3, -0.25) is 9.59 Å². The maximum atomic E-state index is 12.7. The largest absolute Gasteiger partial charge is 0.338 e. The number of amides is 2. The number of carbonyl (C=O) groups is 2. The molecule has 0 spiro atoms. The lowest BCUT2D eigenvalue weighted by Gasteiger charge is -2.24. The van der Waals surface area contributed by atoms with Gasteiger partial charge in [0, 0.05) is 13.5 Å². The van der Waals surface area contributed by atoms with Crippen LogP contribution in [-0.4, -0.2) is 34.0 Å². The molecule has 0 aliphatic carbocycles. The molecule has 1 aliphatic heterocycles. The first kappa shape index (κ1) is 16.6. The number of hydrogen-bond acceptors (Lipinski definition) is 5. The van der Waals surface area contributed by atoms with Crippen LogP contribution >= 0.6 is 11.3 Å². The van der Waals surface area contributed by atoms with Crippen LogP contribution in [0, 0.1) is 12.8 Å². The van der Waals surface area contributed by atoms with Crippen LogP contribution < -0.4 is 5.32 Å².